The second-order valence-corrected chi connectivity index (χ2v) is 7.04. The second-order valence-electron chi connectivity index (χ2n) is 7.04. The average molecular weight is 289 g/mol. The molecule has 1 fully saturated rings. The molecule has 1 heterocycles. The van der Waals surface area contributed by atoms with Gasteiger partial charge < -0.3 is 10.2 Å². The molecule has 0 unspecified atom stereocenters. The Hall–Kier alpha value is -1.09. The monoisotopic (exact) mass is 289 g/mol. The van der Waals surface area contributed by atoms with Crippen LogP contribution < -0.4 is 10.2 Å². The molecular formula is C18H31N3. The van der Waals surface area contributed by atoms with Gasteiger partial charge in [-0.15, -0.1) is 0 Å². The van der Waals surface area contributed by atoms with E-state index in [0.29, 0.717) is 5.92 Å². The van der Waals surface area contributed by atoms with E-state index in [0.717, 1.165) is 31.4 Å². The first-order valence-corrected chi connectivity index (χ1v) is 8.43. The highest BCUT2D eigenvalue weighted by Crippen LogP contribution is 2.27. The predicted molar refractivity (Wildman–Crippen MR) is 90.7 cm³/mol. The highest BCUT2D eigenvalue weighted by Gasteiger charge is 2.18. The molecule has 1 aromatic rings. The Balaban J connectivity index is 1.91. The summed E-state index contributed by atoms with van der Waals surface area (Å²) in [5.41, 5.74) is 2.57. The fourth-order valence-corrected chi connectivity index (χ4v) is 3.29. The van der Waals surface area contributed by atoms with Gasteiger partial charge in [-0.25, -0.2) is 4.98 Å². The van der Waals surface area contributed by atoms with Crippen LogP contribution in [0.5, 0.6) is 0 Å². The summed E-state index contributed by atoms with van der Waals surface area (Å²) < 4.78 is 0. The molecule has 0 aromatic carbocycles. The van der Waals surface area contributed by atoms with Crippen LogP contribution in [0.2, 0.25) is 0 Å². The highest BCUT2D eigenvalue weighted by atomic mass is 15.2. The van der Waals surface area contributed by atoms with Crippen LogP contribution in [0.3, 0.4) is 0 Å². The van der Waals surface area contributed by atoms with Crippen LogP contribution in [-0.2, 0) is 6.54 Å². The van der Waals surface area contributed by atoms with Crippen LogP contribution in [0, 0.1) is 18.8 Å². The SMILES string of the molecule is Cc1cc(CNCC(C)C)cnc1N(C)CC1CCCC1. The van der Waals surface area contributed by atoms with E-state index in [-0.39, 0.29) is 0 Å². The van der Waals surface area contributed by atoms with Crippen molar-refractivity contribution in [2.24, 2.45) is 11.8 Å². The lowest BCUT2D eigenvalue weighted by Crippen LogP contribution is -2.26. The van der Waals surface area contributed by atoms with Crippen LogP contribution in [0.4, 0.5) is 5.82 Å². The van der Waals surface area contributed by atoms with Crippen LogP contribution in [0.15, 0.2) is 12.3 Å². The maximum Gasteiger partial charge on any atom is 0.131 e. The van der Waals surface area contributed by atoms with Gasteiger partial charge in [0.25, 0.3) is 0 Å². The molecule has 0 radical (unpaired) electrons. The van der Waals surface area contributed by atoms with Crippen molar-refractivity contribution in [2.45, 2.75) is 53.0 Å². The first-order chi connectivity index (χ1) is 10.1. The Kier molecular flexibility index (Phi) is 6.04. The summed E-state index contributed by atoms with van der Waals surface area (Å²) in [6.45, 7) is 9.77. The molecule has 1 aliphatic carbocycles. The number of aromatic nitrogens is 1. The van der Waals surface area contributed by atoms with E-state index in [1.54, 1.807) is 0 Å². The van der Waals surface area contributed by atoms with Gasteiger partial charge >= 0.3 is 0 Å². The number of rotatable bonds is 7. The molecule has 118 valence electrons. The smallest absolute Gasteiger partial charge is 0.131 e. The third-order valence-corrected chi connectivity index (χ3v) is 4.36. The van der Waals surface area contributed by atoms with Gasteiger partial charge in [0.05, 0.1) is 0 Å². The number of hydrogen-bond acceptors (Lipinski definition) is 3. The zero-order chi connectivity index (χ0) is 15.2. The largest absolute Gasteiger partial charge is 0.359 e. The van der Waals surface area contributed by atoms with Crippen molar-refractivity contribution in [3.63, 3.8) is 0 Å². The lowest BCUT2D eigenvalue weighted by atomic mass is 10.1. The van der Waals surface area contributed by atoms with E-state index < -0.39 is 0 Å². The van der Waals surface area contributed by atoms with Gasteiger partial charge in [0, 0.05) is 26.3 Å². The molecule has 0 spiro atoms. The van der Waals surface area contributed by atoms with E-state index in [1.165, 1.54) is 36.8 Å². The number of hydrogen-bond donors (Lipinski definition) is 1. The van der Waals surface area contributed by atoms with Crippen molar-refractivity contribution in [2.75, 3.05) is 25.0 Å². The molecule has 1 N–H and O–H groups in total. The molecule has 0 atom stereocenters. The Labute approximate surface area is 130 Å². The van der Waals surface area contributed by atoms with Crippen LogP contribution in [0.1, 0.15) is 50.7 Å². The topological polar surface area (TPSA) is 28.2 Å². The quantitative estimate of drug-likeness (QED) is 0.828. The van der Waals surface area contributed by atoms with Gasteiger partial charge in [0.2, 0.25) is 0 Å². The summed E-state index contributed by atoms with van der Waals surface area (Å²) >= 11 is 0. The molecule has 1 aromatic heterocycles. The lowest BCUT2D eigenvalue weighted by Gasteiger charge is -2.24. The van der Waals surface area contributed by atoms with Crippen LogP contribution >= 0.6 is 0 Å². The number of pyridine rings is 1. The third-order valence-electron chi connectivity index (χ3n) is 4.36. The molecule has 21 heavy (non-hydrogen) atoms. The maximum absolute atomic E-state index is 4.70. The highest BCUT2D eigenvalue weighted by molar-refractivity contribution is 5.46. The molecule has 1 aliphatic rings. The van der Waals surface area contributed by atoms with Gasteiger partial charge in [-0.3, -0.25) is 0 Å². The summed E-state index contributed by atoms with van der Waals surface area (Å²) in [7, 11) is 2.18. The predicted octanol–water partition coefficient (Wildman–Crippen LogP) is 3.76. The van der Waals surface area contributed by atoms with Crippen LogP contribution in [-0.4, -0.2) is 25.1 Å². The summed E-state index contributed by atoms with van der Waals surface area (Å²) in [5, 5.41) is 3.48. The Morgan fingerprint density at radius 2 is 2.05 bits per heavy atom. The van der Waals surface area contributed by atoms with E-state index >= 15 is 0 Å². The molecule has 0 bridgehead atoms. The Morgan fingerprint density at radius 3 is 2.67 bits per heavy atom. The van der Waals surface area contributed by atoms with Gasteiger partial charge in [-0.1, -0.05) is 26.7 Å². The molecule has 0 saturated heterocycles. The van der Waals surface area contributed by atoms with Crippen molar-refractivity contribution in [1.29, 1.82) is 0 Å². The second kappa shape index (κ2) is 7.79. The third kappa shape index (κ3) is 4.99. The van der Waals surface area contributed by atoms with Crippen molar-refractivity contribution in [3.8, 4) is 0 Å². The molecule has 0 amide bonds. The van der Waals surface area contributed by atoms with Crippen molar-refractivity contribution in [1.82, 2.24) is 10.3 Å². The normalized spacial score (nSPS) is 15.9. The minimum atomic E-state index is 0.691. The zero-order valence-corrected chi connectivity index (χ0v) is 14.2. The summed E-state index contributed by atoms with van der Waals surface area (Å²) in [6.07, 6.45) is 7.62. The standard InChI is InChI=1S/C18H31N3/c1-14(2)10-19-11-17-9-15(3)18(20-12-17)21(4)13-16-7-5-6-8-16/h9,12,14,16,19H,5-8,10-11,13H2,1-4H3. The van der Waals surface area contributed by atoms with Gasteiger partial charge in [0.1, 0.15) is 5.82 Å². The van der Waals surface area contributed by atoms with E-state index in [1.807, 2.05) is 6.20 Å². The molecule has 1 saturated carbocycles. The van der Waals surface area contributed by atoms with Gasteiger partial charge in [0.15, 0.2) is 0 Å². The first kappa shape index (κ1) is 16.3. The number of nitrogens with one attached hydrogen (secondary N) is 1. The van der Waals surface area contributed by atoms with E-state index in [4.69, 9.17) is 4.98 Å². The van der Waals surface area contributed by atoms with Gasteiger partial charge in [-0.05, 0) is 55.3 Å². The fourth-order valence-electron chi connectivity index (χ4n) is 3.29. The molecular weight excluding hydrogens is 258 g/mol. The zero-order valence-electron chi connectivity index (χ0n) is 14.2. The molecule has 2 rings (SSSR count). The Morgan fingerprint density at radius 1 is 1.33 bits per heavy atom. The van der Waals surface area contributed by atoms with Crippen molar-refractivity contribution < 1.29 is 0 Å². The number of nitrogens with zero attached hydrogens (tertiary/aromatic N) is 2. The minimum absolute atomic E-state index is 0.691. The fraction of sp³-hybridized carbons (Fsp3) is 0.722. The summed E-state index contributed by atoms with van der Waals surface area (Å²) in [4.78, 5) is 7.05. The summed E-state index contributed by atoms with van der Waals surface area (Å²) in [6, 6.07) is 2.28. The molecule has 3 nitrogen and oxygen atoms in total. The number of anilines is 1. The molecule has 0 aliphatic heterocycles. The Bertz CT molecular complexity index is 436. The van der Waals surface area contributed by atoms with Crippen LogP contribution in [0.25, 0.3) is 0 Å². The van der Waals surface area contributed by atoms with Crippen molar-refractivity contribution >= 4 is 5.82 Å². The van der Waals surface area contributed by atoms with Crippen molar-refractivity contribution in [3.05, 3.63) is 23.4 Å². The first-order valence-electron chi connectivity index (χ1n) is 8.43. The minimum Gasteiger partial charge on any atom is -0.359 e. The number of aryl methyl sites for hydroxylation is 1. The maximum atomic E-state index is 4.70. The van der Waals surface area contributed by atoms with E-state index in [9.17, 15) is 0 Å². The summed E-state index contributed by atoms with van der Waals surface area (Å²) in [5.74, 6) is 2.70. The van der Waals surface area contributed by atoms with Gasteiger partial charge in [-0.2, -0.15) is 0 Å². The lowest BCUT2D eigenvalue weighted by molar-refractivity contribution is 0.543. The average Bonchev–Trinajstić information content (AvgIpc) is 2.91. The van der Waals surface area contributed by atoms with E-state index in [2.05, 4.69) is 44.1 Å². The molecule has 3 heteroatoms.